The highest BCUT2D eigenvalue weighted by atomic mass is 16.6. The molecule has 0 amide bonds. The monoisotopic (exact) mass is 669 g/mol. The van der Waals surface area contributed by atoms with Crippen molar-refractivity contribution in [3.8, 4) is 11.5 Å². The predicted octanol–water partition coefficient (Wildman–Crippen LogP) is 2.89. The van der Waals surface area contributed by atoms with Crippen molar-refractivity contribution in [2.75, 3.05) is 151 Å². The van der Waals surface area contributed by atoms with Gasteiger partial charge in [0.05, 0.1) is 132 Å². The van der Waals surface area contributed by atoms with Gasteiger partial charge >= 0.3 is 0 Å². The van der Waals surface area contributed by atoms with Gasteiger partial charge in [0, 0.05) is 5.69 Å². The molecule has 2 aromatic carbocycles. The van der Waals surface area contributed by atoms with Gasteiger partial charge in [-0.25, -0.2) is 0 Å². The van der Waals surface area contributed by atoms with Crippen LogP contribution in [0.5, 0.6) is 11.5 Å². The molecule has 0 spiro atoms. The zero-order valence-corrected chi connectivity index (χ0v) is 27.7. The number of hydrogen-bond acceptors (Lipinski definition) is 13. The third-order valence-corrected chi connectivity index (χ3v) is 5.96. The van der Waals surface area contributed by atoms with Crippen LogP contribution in [0, 0.1) is 0 Å². The Balaban J connectivity index is 1.14. The van der Waals surface area contributed by atoms with E-state index in [9.17, 15) is 0 Å². The standard InChI is InChI=1S/C34H55NO12/c35-32-6-8-34(9-7-32)47-31-29-45-27-25-43-23-21-41-19-17-39-15-13-37-11-10-36-12-14-38-16-18-40-20-22-42-24-26-44-28-30-46-33-4-2-1-3-5-33/h1-9H,10-31,35H2. The Morgan fingerprint density at radius 1 is 0.277 bits per heavy atom. The van der Waals surface area contributed by atoms with E-state index >= 15 is 0 Å². The summed E-state index contributed by atoms with van der Waals surface area (Å²) >= 11 is 0. The van der Waals surface area contributed by atoms with Crippen LogP contribution in [0.4, 0.5) is 5.69 Å². The lowest BCUT2D eigenvalue weighted by atomic mass is 10.3. The first-order chi connectivity index (χ1) is 23.3. The highest BCUT2D eigenvalue weighted by molar-refractivity contribution is 5.41. The van der Waals surface area contributed by atoms with E-state index < -0.39 is 0 Å². The maximum atomic E-state index is 5.64. The minimum absolute atomic E-state index is 0.475. The molecule has 0 aliphatic carbocycles. The van der Waals surface area contributed by atoms with E-state index in [1.165, 1.54) is 0 Å². The third kappa shape index (κ3) is 27.1. The number of rotatable bonds is 35. The average Bonchev–Trinajstić information content (AvgIpc) is 3.09. The Morgan fingerprint density at radius 2 is 0.511 bits per heavy atom. The van der Waals surface area contributed by atoms with E-state index in [2.05, 4.69) is 0 Å². The molecule has 2 aromatic rings. The first kappa shape index (κ1) is 40.6. The van der Waals surface area contributed by atoms with Crippen LogP contribution in [0.15, 0.2) is 54.6 Å². The molecule has 0 aliphatic rings. The highest BCUT2D eigenvalue weighted by Crippen LogP contribution is 2.12. The molecule has 0 unspecified atom stereocenters. The van der Waals surface area contributed by atoms with Crippen LogP contribution in [0.25, 0.3) is 0 Å². The first-order valence-corrected chi connectivity index (χ1v) is 16.3. The van der Waals surface area contributed by atoms with E-state index in [-0.39, 0.29) is 0 Å². The number of para-hydroxylation sites is 1. The number of ether oxygens (including phenoxy) is 12. The molecular weight excluding hydrogens is 614 g/mol. The second kappa shape index (κ2) is 32.0. The van der Waals surface area contributed by atoms with Crippen LogP contribution in [0.2, 0.25) is 0 Å². The van der Waals surface area contributed by atoms with E-state index in [1.807, 2.05) is 42.5 Å². The molecule has 47 heavy (non-hydrogen) atoms. The lowest BCUT2D eigenvalue weighted by molar-refractivity contribution is -0.0269. The molecule has 13 nitrogen and oxygen atoms in total. The second-order valence-corrected chi connectivity index (χ2v) is 9.70. The summed E-state index contributed by atoms with van der Waals surface area (Å²) in [6.45, 7) is 11.2. The van der Waals surface area contributed by atoms with Crippen molar-refractivity contribution in [1.82, 2.24) is 0 Å². The summed E-state index contributed by atoms with van der Waals surface area (Å²) in [6, 6.07) is 16.9. The van der Waals surface area contributed by atoms with Crippen molar-refractivity contribution < 1.29 is 56.8 Å². The first-order valence-electron chi connectivity index (χ1n) is 16.3. The SMILES string of the molecule is Nc1ccc(OCCOCCOCCOCCOCCOCCOCCOCCOCCOCCOCCOc2ccccc2)cc1. The van der Waals surface area contributed by atoms with Crippen molar-refractivity contribution >= 4 is 5.69 Å². The summed E-state index contributed by atoms with van der Waals surface area (Å²) < 4.78 is 65.9. The number of nitrogen functional groups attached to an aromatic ring is 1. The average molecular weight is 670 g/mol. The van der Waals surface area contributed by atoms with E-state index in [0.29, 0.717) is 151 Å². The van der Waals surface area contributed by atoms with Crippen molar-refractivity contribution in [3.05, 3.63) is 54.6 Å². The van der Waals surface area contributed by atoms with Crippen molar-refractivity contribution in [2.45, 2.75) is 0 Å². The smallest absolute Gasteiger partial charge is 0.119 e. The zero-order valence-electron chi connectivity index (χ0n) is 27.7. The minimum atomic E-state index is 0.475. The normalized spacial score (nSPS) is 11.2. The minimum Gasteiger partial charge on any atom is -0.491 e. The molecule has 2 N–H and O–H groups in total. The summed E-state index contributed by atoms with van der Waals surface area (Å²) in [4.78, 5) is 0. The Hall–Kier alpha value is -2.56. The van der Waals surface area contributed by atoms with Crippen molar-refractivity contribution in [3.63, 3.8) is 0 Å². The molecule has 0 radical (unpaired) electrons. The third-order valence-electron chi connectivity index (χ3n) is 5.96. The largest absolute Gasteiger partial charge is 0.491 e. The molecule has 0 aliphatic heterocycles. The molecule has 268 valence electrons. The predicted molar refractivity (Wildman–Crippen MR) is 176 cm³/mol. The second-order valence-electron chi connectivity index (χ2n) is 9.70. The number of nitrogens with two attached hydrogens (primary N) is 1. The maximum Gasteiger partial charge on any atom is 0.119 e. The number of hydrogen-bond donors (Lipinski definition) is 1. The summed E-state index contributed by atoms with van der Waals surface area (Å²) in [7, 11) is 0. The van der Waals surface area contributed by atoms with Gasteiger partial charge < -0.3 is 62.6 Å². The topological polar surface area (TPSA) is 137 Å². The van der Waals surface area contributed by atoms with E-state index in [1.54, 1.807) is 12.1 Å². The number of benzene rings is 2. The molecule has 13 heteroatoms. The van der Waals surface area contributed by atoms with Gasteiger partial charge in [-0.2, -0.15) is 0 Å². The van der Waals surface area contributed by atoms with Crippen LogP contribution in [0.1, 0.15) is 0 Å². The van der Waals surface area contributed by atoms with Gasteiger partial charge in [-0.3, -0.25) is 0 Å². The van der Waals surface area contributed by atoms with Crippen LogP contribution >= 0.6 is 0 Å². The van der Waals surface area contributed by atoms with Gasteiger partial charge in [0.25, 0.3) is 0 Å². The Kier molecular flexibility index (Phi) is 27.7. The summed E-state index contributed by atoms with van der Waals surface area (Å²) in [6.07, 6.45) is 0. The molecule has 0 bridgehead atoms. The summed E-state index contributed by atoms with van der Waals surface area (Å²) in [5, 5.41) is 0. The fourth-order valence-electron chi connectivity index (χ4n) is 3.60. The van der Waals surface area contributed by atoms with Crippen LogP contribution in [0.3, 0.4) is 0 Å². The van der Waals surface area contributed by atoms with Crippen molar-refractivity contribution in [1.29, 1.82) is 0 Å². The Bertz CT molecular complexity index is 910. The molecule has 0 aromatic heterocycles. The van der Waals surface area contributed by atoms with Crippen LogP contribution < -0.4 is 15.2 Å². The van der Waals surface area contributed by atoms with Gasteiger partial charge in [0.15, 0.2) is 0 Å². The quantitative estimate of drug-likeness (QED) is 0.0852. The van der Waals surface area contributed by atoms with Crippen molar-refractivity contribution in [2.24, 2.45) is 0 Å². The van der Waals surface area contributed by atoms with Crippen LogP contribution in [-0.4, -0.2) is 145 Å². The van der Waals surface area contributed by atoms with Gasteiger partial charge in [-0.1, -0.05) is 18.2 Å². The molecular formula is C34H55NO12. The molecule has 0 saturated carbocycles. The lowest BCUT2D eigenvalue weighted by Gasteiger charge is -2.09. The van der Waals surface area contributed by atoms with Gasteiger partial charge in [0.2, 0.25) is 0 Å². The maximum absolute atomic E-state index is 5.64. The molecule has 0 saturated heterocycles. The van der Waals surface area contributed by atoms with E-state index in [0.717, 1.165) is 11.5 Å². The molecule has 2 rings (SSSR count). The highest BCUT2D eigenvalue weighted by Gasteiger charge is 1.98. The summed E-state index contributed by atoms with van der Waals surface area (Å²) in [5.74, 6) is 1.61. The van der Waals surface area contributed by atoms with Gasteiger partial charge in [-0.05, 0) is 36.4 Å². The Labute approximate surface area is 279 Å². The summed E-state index contributed by atoms with van der Waals surface area (Å²) in [5.41, 5.74) is 6.35. The van der Waals surface area contributed by atoms with Crippen LogP contribution in [-0.2, 0) is 47.4 Å². The molecule has 0 heterocycles. The van der Waals surface area contributed by atoms with E-state index in [4.69, 9.17) is 62.6 Å². The fourth-order valence-corrected chi connectivity index (χ4v) is 3.60. The fraction of sp³-hybridized carbons (Fsp3) is 0.647. The Morgan fingerprint density at radius 3 is 0.787 bits per heavy atom. The molecule has 0 fully saturated rings. The number of anilines is 1. The lowest BCUT2D eigenvalue weighted by Crippen LogP contribution is -2.15. The zero-order chi connectivity index (χ0) is 33.1. The molecule has 0 atom stereocenters. The van der Waals surface area contributed by atoms with Gasteiger partial charge in [0.1, 0.15) is 24.7 Å². The van der Waals surface area contributed by atoms with Gasteiger partial charge in [-0.15, -0.1) is 0 Å².